The lowest BCUT2D eigenvalue weighted by atomic mass is 10.3. The van der Waals surface area contributed by atoms with Gasteiger partial charge in [-0.25, -0.2) is 8.42 Å². The fourth-order valence-electron chi connectivity index (χ4n) is 1.29. The zero-order valence-corrected chi connectivity index (χ0v) is 11.6. The van der Waals surface area contributed by atoms with Crippen LogP contribution in [0, 0.1) is 0 Å². The van der Waals surface area contributed by atoms with E-state index in [0.29, 0.717) is 6.54 Å². The highest BCUT2D eigenvalue weighted by Crippen LogP contribution is 2.15. The summed E-state index contributed by atoms with van der Waals surface area (Å²) in [4.78, 5) is 3.99. The molecule has 0 aliphatic rings. The summed E-state index contributed by atoms with van der Waals surface area (Å²) in [6.45, 7) is 0.429. The molecule has 0 atom stereocenters. The normalized spacial score (nSPS) is 11.6. The third-order valence-corrected chi connectivity index (χ3v) is 3.74. The zero-order chi connectivity index (χ0) is 12.5. The van der Waals surface area contributed by atoms with Crippen molar-refractivity contribution in [2.75, 3.05) is 0 Å². The third-order valence-electron chi connectivity index (χ3n) is 2.00. The van der Waals surface area contributed by atoms with Crippen LogP contribution in [-0.2, 0) is 15.6 Å². The van der Waals surface area contributed by atoms with E-state index >= 15 is 0 Å². The molecule has 17 heavy (non-hydrogen) atoms. The van der Waals surface area contributed by atoms with Crippen molar-refractivity contribution in [3.63, 3.8) is 0 Å². The van der Waals surface area contributed by atoms with Crippen molar-refractivity contribution in [2.24, 2.45) is 0 Å². The fourth-order valence-corrected chi connectivity index (χ4v) is 2.36. The van der Waals surface area contributed by atoms with E-state index in [4.69, 9.17) is 10.7 Å². The topological polar surface area (TPSA) is 64.8 Å². The molecule has 90 valence electrons. The van der Waals surface area contributed by atoms with Gasteiger partial charge in [0.2, 0.25) is 0 Å². The van der Waals surface area contributed by atoms with Crippen molar-refractivity contribution in [1.29, 1.82) is 0 Å². The van der Waals surface area contributed by atoms with Gasteiger partial charge in [0.05, 0.1) is 12.7 Å². The molecule has 0 amide bonds. The van der Waals surface area contributed by atoms with Crippen LogP contribution in [0.2, 0.25) is 0 Å². The molecule has 0 radical (unpaired) electrons. The van der Waals surface area contributed by atoms with Crippen molar-refractivity contribution in [1.82, 2.24) is 14.8 Å². The molecule has 2 heterocycles. The average molecular weight is 337 g/mol. The van der Waals surface area contributed by atoms with E-state index < -0.39 is 9.05 Å². The molecule has 0 unspecified atom stereocenters. The molecule has 0 aliphatic heterocycles. The van der Waals surface area contributed by atoms with Gasteiger partial charge in [0.25, 0.3) is 9.05 Å². The van der Waals surface area contributed by atoms with E-state index in [1.54, 1.807) is 12.4 Å². The average Bonchev–Trinajstić information content (AvgIpc) is 2.65. The van der Waals surface area contributed by atoms with E-state index in [2.05, 4.69) is 26.0 Å². The van der Waals surface area contributed by atoms with Crippen LogP contribution >= 0.6 is 26.6 Å². The van der Waals surface area contributed by atoms with Crippen LogP contribution in [0.3, 0.4) is 0 Å². The lowest BCUT2D eigenvalue weighted by Gasteiger charge is -2.01. The number of aromatic nitrogens is 3. The summed E-state index contributed by atoms with van der Waals surface area (Å²) in [5, 5.41) is 3.92. The van der Waals surface area contributed by atoms with Crippen molar-refractivity contribution < 1.29 is 8.42 Å². The summed E-state index contributed by atoms with van der Waals surface area (Å²) >= 11 is 3.30. The molecule has 0 saturated heterocycles. The highest BCUT2D eigenvalue weighted by atomic mass is 79.9. The number of halogens is 2. The van der Waals surface area contributed by atoms with E-state index in [0.717, 1.165) is 10.0 Å². The number of hydrogen-bond donors (Lipinski definition) is 0. The van der Waals surface area contributed by atoms with Crippen LogP contribution in [-0.4, -0.2) is 23.2 Å². The second kappa shape index (κ2) is 4.75. The van der Waals surface area contributed by atoms with Crippen molar-refractivity contribution in [2.45, 2.75) is 11.4 Å². The standard InChI is InChI=1S/C9H7BrClN3O2S/c10-8-1-7(2-12-3-8)5-14-6-9(4-13-14)17(11,15)16/h1-4,6H,5H2. The minimum absolute atomic E-state index is 0.0119. The second-order valence-corrected chi connectivity index (χ2v) is 6.80. The van der Waals surface area contributed by atoms with Crippen LogP contribution in [0.1, 0.15) is 5.56 Å². The summed E-state index contributed by atoms with van der Waals surface area (Å²) in [7, 11) is 1.48. The van der Waals surface area contributed by atoms with Gasteiger partial charge in [0.15, 0.2) is 0 Å². The van der Waals surface area contributed by atoms with Gasteiger partial charge in [0.1, 0.15) is 4.90 Å². The highest BCUT2D eigenvalue weighted by Gasteiger charge is 2.12. The van der Waals surface area contributed by atoms with E-state index in [1.165, 1.54) is 17.1 Å². The van der Waals surface area contributed by atoms with Crippen LogP contribution < -0.4 is 0 Å². The molecule has 0 saturated carbocycles. The van der Waals surface area contributed by atoms with Gasteiger partial charge < -0.3 is 0 Å². The predicted octanol–water partition coefficient (Wildman–Crippen LogP) is 2.02. The number of rotatable bonds is 3. The largest absolute Gasteiger partial charge is 0.267 e. The number of hydrogen-bond acceptors (Lipinski definition) is 4. The molecule has 2 aromatic heterocycles. The van der Waals surface area contributed by atoms with Crippen molar-refractivity contribution >= 4 is 35.7 Å². The Labute approximate surface area is 111 Å². The van der Waals surface area contributed by atoms with Gasteiger partial charge in [-0.2, -0.15) is 5.10 Å². The Morgan fingerprint density at radius 2 is 2.12 bits per heavy atom. The minimum Gasteiger partial charge on any atom is -0.267 e. The Balaban J connectivity index is 2.23. The van der Waals surface area contributed by atoms with Crippen LogP contribution in [0.15, 0.2) is 40.2 Å². The predicted molar refractivity (Wildman–Crippen MR) is 66.3 cm³/mol. The first-order chi connectivity index (χ1) is 7.95. The van der Waals surface area contributed by atoms with Gasteiger partial charge in [-0.05, 0) is 27.6 Å². The van der Waals surface area contributed by atoms with Crippen LogP contribution in [0.4, 0.5) is 0 Å². The molecule has 0 bridgehead atoms. The van der Waals surface area contributed by atoms with Crippen molar-refractivity contribution in [3.05, 3.63) is 40.9 Å². The molecule has 0 aliphatic carbocycles. The molecular formula is C9H7BrClN3O2S. The lowest BCUT2D eigenvalue weighted by molar-refractivity contribution is 0.609. The quantitative estimate of drug-likeness (QED) is 0.804. The maximum Gasteiger partial charge on any atom is 0.264 e. The molecule has 5 nitrogen and oxygen atoms in total. The van der Waals surface area contributed by atoms with Crippen LogP contribution in [0.5, 0.6) is 0 Å². The Morgan fingerprint density at radius 1 is 1.35 bits per heavy atom. The highest BCUT2D eigenvalue weighted by molar-refractivity contribution is 9.10. The molecule has 0 aromatic carbocycles. The molecule has 0 N–H and O–H groups in total. The molecule has 2 rings (SSSR count). The first-order valence-electron chi connectivity index (χ1n) is 4.52. The third kappa shape index (κ3) is 3.27. The molecule has 0 fully saturated rings. The summed E-state index contributed by atoms with van der Waals surface area (Å²) in [6, 6.07) is 1.88. The van der Waals surface area contributed by atoms with Gasteiger partial charge in [-0.15, -0.1) is 0 Å². The van der Waals surface area contributed by atoms with E-state index in [-0.39, 0.29) is 4.90 Å². The summed E-state index contributed by atoms with van der Waals surface area (Å²) in [5.41, 5.74) is 0.904. The Kier molecular flexibility index (Phi) is 3.50. The van der Waals surface area contributed by atoms with Crippen LogP contribution in [0.25, 0.3) is 0 Å². The first-order valence-corrected chi connectivity index (χ1v) is 7.62. The number of nitrogens with zero attached hydrogens (tertiary/aromatic N) is 3. The zero-order valence-electron chi connectivity index (χ0n) is 8.42. The lowest BCUT2D eigenvalue weighted by Crippen LogP contribution is -2.00. The van der Waals surface area contributed by atoms with E-state index in [9.17, 15) is 8.42 Å². The molecular weight excluding hydrogens is 330 g/mol. The Hall–Kier alpha value is -0.920. The number of pyridine rings is 1. The van der Waals surface area contributed by atoms with Gasteiger partial charge in [0, 0.05) is 33.7 Å². The van der Waals surface area contributed by atoms with E-state index in [1.807, 2.05) is 6.07 Å². The first kappa shape index (κ1) is 12.5. The second-order valence-electron chi connectivity index (χ2n) is 3.32. The summed E-state index contributed by atoms with van der Waals surface area (Å²) in [6.07, 6.45) is 5.94. The van der Waals surface area contributed by atoms with Gasteiger partial charge >= 0.3 is 0 Å². The molecule has 0 spiro atoms. The Morgan fingerprint density at radius 3 is 2.71 bits per heavy atom. The fraction of sp³-hybridized carbons (Fsp3) is 0.111. The maximum absolute atomic E-state index is 11.0. The Bertz CT molecular complexity index is 641. The maximum atomic E-state index is 11.0. The monoisotopic (exact) mass is 335 g/mol. The summed E-state index contributed by atoms with van der Waals surface area (Å²) in [5.74, 6) is 0. The molecule has 8 heteroatoms. The summed E-state index contributed by atoms with van der Waals surface area (Å²) < 4.78 is 24.4. The van der Waals surface area contributed by atoms with Gasteiger partial charge in [-0.3, -0.25) is 9.67 Å². The minimum atomic E-state index is -3.72. The van der Waals surface area contributed by atoms with Crippen molar-refractivity contribution in [3.8, 4) is 0 Å². The SMILES string of the molecule is O=S(=O)(Cl)c1cnn(Cc2cncc(Br)c2)c1. The van der Waals surface area contributed by atoms with Gasteiger partial charge in [-0.1, -0.05) is 0 Å². The smallest absolute Gasteiger partial charge is 0.264 e. The molecule has 2 aromatic rings.